The van der Waals surface area contributed by atoms with Gasteiger partial charge in [-0.05, 0) is 31.1 Å². The first-order chi connectivity index (χ1) is 8.91. The molecular formula is C18H38O. The Morgan fingerprint density at radius 3 is 1.32 bits per heavy atom. The third kappa shape index (κ3) is 14.2. The number of hydrogen-bond donors (Lipinski definition) is 1. The predicted octanol–water partition coefficient (Wildman–Crippen LogP) is 5.81. The summed E-state index contributed by atoms with van der Waals surface area (Å²) in [4.78, 5) is 0. The van der Waals surface area contributed by atoms with E-state index in [0.29, 0.717) is 0 Å². The van der Waals surface area contributed by atoms with Gasteiger partial charge in [-0.15, -0.1) is 0 Å². The second-order valence-corrected chi connectivity index (χ2v) is 7.25. The van der Waals surface area contributed by atoms with Crippen molar-refractivity contribution in [2.24, 2.45) is 17.8 Å². The van der Waals surface area contributed by atoms with Crippen molar-refractivity contribution in [2.75, 3.05) is 0 Å². The van der Waals surface area contributed by atoms with E-state index in [-0.39, 0.29) is 6.10 Å². The Morgan fingerprint density at radius 2 is 0.947 bits per heavy atom. The molecule has 0 aromatic heterocycles. The van der Waals surface area contributed by atoms with E-state index in [1.165, 1.54) is 51.4 Å². The minimum absolute atomic E-state index is 0.117. The van der Waals surface area contributed by atoms with Crippen molar-refractivity contribution < 1.29 is 5.11 Å². The van der Waals surface area contributed by atoms with Crippen molar-refractivity contribution in [1.82, 2.24) is 0 Å². The van der Waals surface area contributed by atoms with Gasteiger partial charge in [0.25, 0.3) is 0 Å². The van der Waals surface area contributed by atoms with Crippen LogP contribution >= 0.6 is 0 Å². The van der Waals surface area contributed by atoms with Gasteiger partial charge in [-0.25, -0.2) is 0 Å². The summed E-state index contributed by atoms with van der Waals surface area (Å²) in [7, 11) is 0. The van der Waals surface area contributed by atoms with Crippen molar-refractivity contribution in [3.05, 3.63) is 0 Å². The molecule has 0 radical (unpaired) electrons. The summed E-state index contributed by atoms with van der Waals surface area (Å²) in [6.07, 6.45) is 11.7. The van der Waals surface area contributed by atoms with Crippen LogP contribution in [0.1, 0.15) is 92.4 Å². The van der Waals surface area contributed by atoms with Crippen molar-refractivity contribution in [2.45, 2.75) is 98.5 Å². The Morgan fingerprint density at radius 1 is 0.579 bits per heavy atom. The van der Waals surface area contributed by atoms with E-state index in [2.05, 4.69) is 27.7 Å². The molecule has 1 heteroatoms. The fourth-order valence-corrected chi connectivity index (χ4v) is 2.74. The Balaban J connectivity index is 3.40. The highest BCUT2D eigenvalue weighted by Crippen LogP contribution is 2.21. The molecule has 3 atom stereocenters. The SMILES string of the molecule is CC(C)CCC[C@@H](C)CCC[C@@H](C)CCC[C@H](C)O. The van der Waals surface area contributed by atoms with E-state index < -0.39 is 0 Å². The summed E-state index contributed by atoms with van der Waals surface area (Å²) in [6, 6.07) is 0. The fraction of sp³-hybridized carbons (Fsp3) is 1.00. The minimum Gasteiger partial charge on any atom is -0.393 e. The molecule has 0 unspecified atom stereocenters. The molecule has 19 heavy (non-hydrogen) atoms. The highest BCUT2D eigenvalue weighted by atomic mass is 16.3. The van der Waals surface area contributed by atoms with Crippen molar-refractivity contribution in [3.8, 4) is 0 Å². The molecule has 0 fully saturated rings. The van der Waals surface area contributed by atoms with Gasteiger partial charge in [-0.3, -0.25) is 0 Å². The largest absolute Gasteiger partial charge is 0.393 e. The number of aliphatic hydroxyl groups excluding tert-OH is 1. The predicted molar refractivity (Wildman–Crippen MR) is 86.4 cm³/mol. The summed E-state index contributed by atoms with van der Waals surface area (Å²) in [5.74, 6) is 2.60. The van der Waals surface area contributed by atoms with E-state index in [9.17, 15) is 5.11 Å². The van der Waals surface area contributed by atoms with Crippen LogP contribution in [0.2, 0.25) is 0 Å². The van der Waals surface area contributed by atoms with E-state index >= 15 is 0 Å². The van der Waals surface area contributed by atoms with Crippen LogP contribution in [0, 0.1) is 17.8 Å². The second kappa shape index (κ2) is 11.8. The average molecular weight is 271 g/mol. The van der Waals surface area contributed by atoms with E-state index in [1.54, 1.807) is 0 Å². The maximum absolute atomic E-state index is 9.24. The normalized spacial score (nSPS) is 16.6. The van der Waals surface area contributed by atoms with Gasteiger partial charge in [-0.2, -0.15) is 0 Å². The maximum atomic E-state index is 9.24. The van der Waals surface area contributed by atoms with Gasteiger partial charge in [0.15, 0.2) is 0 Å². The summed E-state index contributed by atoms with van der Waals surface area (Å²) < 4.78 is 0. The molecule has 0 aliphatic rings. The van der Waals surface area contributed by atoms with Crippen LogP contribution in [-0.4, -0.2) is 11.2 Å². The highest BCUT2D eigenvalue weighted by molar-refractivity contribution is 4.60. The van der Waals surface area contributed by atoms with E-state index in [1.807, 2.05) is 6.92 Å². The molecule has 0 rings (SSSR count). The minimum atomic E-state index is -0.117. The third-order valence-corrected chi connectivity index (χ3v) is 4.19. The van der Waals surface area contributed by atoms with Gasteiger partial charge in [0.05, 0.1) is 6.10 Å². The van der Waals surface area contributed by atoms with Gasteiger partial charge in [-0.1, -0.05) is 79.1 Å². The molecular weight excluding hydrogens is 232 g/mol. The van der Waals surface area contributed by atoms with Gasteiger partial charge in [0, 0.05) is 0 Å². The topological polar surface area (TPSA) is 20.2 Å². The molecule has 116 valence electrons. The molecule has 0 aromatic carbocycles. The molecule has 0 saturated heterocycles. The first kappa shape index (κ1) is 19.0. The molecule has 0 heterocycles. The summed E-state index contributed by atoms with van der Waals surface area (Å²) in [5, 5.41) is 9.24. The van der Waals surface area contributed by atoms with Gasteiger partial charge < -0.3 is 5.11 Å². The Bertz CT molecular complexity index is 166. The van der Waals surface area contributed by atoms with Crippen LogP contribution in [0.4, 0.5) is 0 Å². The number of rotatable bonds is 12. The summed E-state index contributed by atoms with van der Waals surface area (Å²) in [5.41, 5.74) is 0. The Kier molecular flexibility index (Phi) is 11.7. The number of aliphatic hydroxyl groups is 1. The third-order valence-electron chi connectivity index (χ3n) is 4.19. The second-order valence-electron chi connectivity index (χ2n) is 7.25. The van der Waals surface area contributed by atoms with Crippen LogP contribution < -0.4 is 0 Å². The van der Waals surface area contributed by atoms with Crippen LogP contribution in [-0.2, 0) is 0 Å². The standard InChI is InChI=1S/C18H38O/c1-15(2)9-6-10-16(3)11-7-12-17(4)13-8-14-18(5)19/h15-19H,6-14H2,1-5H3/t16-,17-,18+/m1/s1. The monoisotopic (exact) mass is 270 g/mol. The molecule has 0 aliphatic carbocycles. The van der Waals surface area contributed by atoms with Crippen LogP contribution in [0.5, 0.6) is 0 Å². The molecule has 1 nitrogen and oxygen atoms in total. The van der Waals surface area contributed by atoms with Crippen molar-refractivity contribution >= 4 is 0 Å². The van der Waals surface area contributed by atoms with Crippen molar-refractivity contribution in [1.29, 1.82) is 0 Å². The first-order valence-corrected chi connectivity index (χ1v) is 8.59. The van der Waals surface area contributed by atoms with Crippen molar-refractivity contribution in [3.63, 3.8) is 0 Å². The van der Waals surface area contributed by atoms with Crippen LogP contribution in [0.25, 0.3) is 0 Å². The molecule has 0 spiro atoms. The Labute approximate surface area is 122 Å². The first-order valence-electron chi connectivity index (χ1n) is 8.59. The summed E-state index contributed by atoms with van der Waals surface area (Å²) >= 11 is 0. The maximum Gasteiger partial charge on any atom is 0.0512 e. The molecule has 0 saturated carbocycles. The average Bonchev–Trinajstić information content (AvgIpc) is 2.27. The lowest BCUT2D eigenvalue weighted by molar-refractivity contribution is 0.178. The van der Waals surface area contributed by atoms with Crippen LogP contribution in [0.15, 0.2) is 0 Å². The van der Waals surface area contributed by atoms with E-state index in [0.717, 1.165) is 24.2 Å². The quantitative estimate of drug-likeness (QED) is 0.474. The highest BCUT2D eigenvalue weighted by Gasteiger charge is 2.07. The van der Waals surface area contributed by atoms with E-state index in [4.69, 9.17) is 0 Å². The fourth-order valence-electron chi connectivity index (χ4n) is 2.74. The molecule has 1 N–H and O–H groups in total. The lowest BCUT2D eigenvalue weighted by atomic mass is 9.92. The lowest BCUT2D eigenvalue weighted by Crippen LogP contribution is -2.03. The lowest BCUT2D eigenvalue weighted by Gasteiger charge is -2.15. The van der Waals surface area contributed by atoms with Gasteiger partial charge >= 0.3 is 0 Å². The summed E-state index contributed by atoms with van der Waals surface area (Å²) in [6.45, 7) is 11.3. The zero-order valence-electron chi connectivity index (χ0n) is 14.1. The zero-order chi connectivity index (χ0) is 14.7. The molecule has 0 amide bonds. The molecule has 0 aliphatic heterocycles. The smallest absolute Gasteiger partial charge is 0.0512 e. The zero-order valence-corrected chi connectivity index (χ0v) is 14.1. The van der Waals surface area contributed by atoms with Gasteiger partial charge in [0.2, 0.25) is 0 Å². The number of hydrogen-bond acceptors (Lipinski definition) is 1. The van der Waals surface area contributed by atoms with Crippen LogP contribution in [0.3, 0.4) is 0 Å². The Hall–Kier alpha value is -0.0400. The van der Waals surface area contributed by atoms with Gasteiger partial charge in [0.1, 0.15) is 0 Å². The molecule has 0 aromatic rings. The molecule has 0 bridgehead atoms.